The van der Waals surface area contributed by atoms with Gasteiger partial charge in [0.25, 0.3) is 0 Å². The van der Waals surface area contributed by atoms with Gasteiger partial charge in [-0.15, -0.1) is 18.3 Å². The summed E-state index contributed by atoms with van der Waals surface area (Å²) < 4.78 is 0. The van der Waals surface area contributed by atoms with E-state index in [1.807, 2.05) is 0 Å². The maximum absolute atomic E-state index is 9.53. The molecule has 0 saturated heterocycles. The van der Waals surface area contributed by atoms with Gasteiger partial charge in [-0.2, -0.15) is 6.42 Å². The third-order valence-corrected chi connectivity index (χ3v) is 1.74. The van der Waals surface area contributed by atoms with Crippen LogP contribution >= 0.6 is 0 Å². The molecule has 0 aliphatic carbocycles. The van der Waals surface area contributed by atoms with Crippen LogP contribution in [-0.4, -0.2) is 28.5 Å². The topological polar surface area (TPSA) is 110 Å². The van der Waals surface area contributed by atoms with E-state index < -0.39 is 18.3 Å². The molecule has 5 nitrogen and oxygen atoms in total. The first-order valence-corrected chi connectivity index (χ1v) is 9.15. The second kappa shape index (κ2) is 30.2. The zero-order valence-corrected chi connectivity index (χ0v) is 19.8. The molecule has 0 aliphatic rings. The molecule has 0 spiro atoms. The number of rotatable bonds is 3. The Morgan fingerprint density at radius 1 is 0.778 bits per heavy atom. The Balaban J connectivity index is -0.0000000770. The first-order valence-electron chi connectivity index (χ1n) is 9.15. The van der Waals surface area contributed by atoms with E-state index in [2.05, 4.69) is 13.8 Å². The van der Waals surface area contributed by atoms with Gasteiger partial charge in [0.2, 0.25) is 0 Å². The molecule has 0 saturated carbocycles. The number of para-hydroxylation sites is 2. The molecule has 1 aromatic rings. The van der Waals surface area contributed by atoms with Crippen LogP contribution in [0.3, 0.4) is 0 Å². The zero-order chi connectivity index (χ0) is 21.5. The molecule has 0 aromatic heterocycles. The third-order valence-electron chi connectivity index (χ3n) is 1.74. The van der Waals surface area contributed by atoms with Gasteiger partial charge in [0.15, 0.2) is 11.5 Å². The smallest absolute Gasteiger partial charge is 0.852 e. The average molecular weight is 420 g/mol. The van der Waals surface area contributed by atoms with Crippen molar-refractivity contribution in [3.63, 3.8) is 0 Å². The molecule has 27 heavy (non-hydrogen) atoms. The van der Waals surface area contributed by atoms with Crippen LogP contribution in [0.25, 0.3) is 0 Å². The van der Waals surface area contributed by atoms with E-state index in [0.29, 0.717) is 0 Å². The van der Waals surface area contributed by atoms with E-state index in [9.17, 15) is 15.3 Å². The Hall–Kier alpha value is -0.586. The SMILES string of the molecule is CC(C)[O-].CC(C)[O-].CC(C)[O-].Oc1ccccc1O.[CH2-]CCCCC.[Ti+4]. The molecule has 1 rings (SSSR count). The summed E-state index contributed by atoms with van der Waals surface area (Å²) in [7, 11) is 0. The Labute approximate surface area is 182 Å². The van der Waals surface area contributed by atoms with E-state index in [4.69, 9.17) is 10.2 Å². The number of aromatic hydroxyl groups is 2. The van der Waals surface area contributed by atoms with Crippen molar-refractivity contribution in [3.05, 3.63) is 31.2 Å². The number of unbranched alkanes of at least 4 members (excludes halogenated alkanes) is 3. The van der Waals surface area contributed by atoms with Gasteiger partial charge in [0, 0.05) is 0 Å². The average Bonchev–Trinajstić information content (AvgIpc) is 2.47. The first-order chi connectivity index (χ1) is 11.9. The minimum absolute atomic E-state index is 0. The summed E-state index contributed by atoms with van der Waals surface area (Å²) in [5.41, 5.74) is 0. The standard InChI is InChI=1S/C6H6O2.C6H13.3C3H7O.Ti/c7-5-3-1-2-4-6(5)8;1-3-5-6-4-2;3*1-3(2)4;/h1-4,7-8H;1,3-6H2,2H3;3*3H,1-2H3;/q;4*-1;+4. The molecule has 0 bridgehead atoms. The number of benzene rings is 1. The predicted octanol–water partition coefficient (Wildman–Crippen LogP) is 2.76. The van der Waals surface area contributed by atoms with Gasteiger partial charge in [0.05, 0.1) is 0 Å². The van der Waals surface area contributed by atoms with E-state index in [1.54, 1.807) is 53.7 Å². The summed E-state index contributed by atoms with van der Waals surface area (Å²) in [6.45, 7) is 15.6. The van der Waals surface area contributed by atoms with Crippen LogP contribution in [0.4, 0.5) is 0 Å². The van der Waals surface area contributed by atoms with Crippen LogP contribution < -0.4 is 15.3 Å². The number of hydrogen-bond acceptors (Lipinski definition) is 5. The molecule has 158 valence electrons. The van der Waals surface area contributed by atoms with Crippen LogP contribution in [0, 0.1) is 6.92 Å². The largest absolute Gasteiger partial charge is 4.00 e. The quantitative estimate of drug-likeness (QED) is 0.338. The van der Waals surface area contributed by atoms with Crippen molar-refractivity contribution in [1.29, 1.82) is 0 Å². The van der Waals surface area contributed by atoms with Crippen LogP contribution in [-0.2, 0) is 21.7 Å². The molecule has 0 atom stereocenters. The van der Waals surface area contributed by atoms with Crippen molar-refractivity contribution in [2.24, 2.45) is 0 Å². The monoisotopic (exact) mass is 420 g/mol. The van der Waals surface area contributed by atoms with E-state index in [1.165, 1.54) is 31.4 Å². The Morgan fingerprint density at radius 3 is 1.15 bits per heavy atom. The van der Waals surface area contributed by atoms with Crippen molar-refractivity contribution in [3.8, 4) is 11.5 Å². The minimum Gasteiger partial charge on any atom is -0.852 e. The fourth-order valence-corrected chi connectivity index (χ4v) is 0.891. The normalized spacial score (nSPS) is 8.67. The number of hydrogen-bond donors (Lipinski definition) is 2. The van der Waals surface area contributed by atoms with Gasteiger partial charge in [-0.1, -0.05) is 79.9 Å². The summed E-state index contributed by atoms with van der Waals surface area (Å²) in [6.07, 6.45) is 3.82. The van der Waals surface area contributed by atoms with Crippen molar-refractivity contribution in [2.75, 3.05) is 0 Å². The second-order valence-corrected chi connectivity index (χ2v) is 6.20. The van der Waals surface area contributed by atoms with Crippen LogP contribution in [0.15, 0.2) is 24.3 Å². The summed E-state index contributed by atoms with van der Waals surface area (Å²) in [5, 5.41) is 45.9. The molecule has 0 amide bonds. The molecule has 1 aromatic carbocycles. The van der Waals surface area contributed by atoms with E-state index in [0.717, 1.165) is 6.42 Å². The molecule has 6 heteroatoms. The summed E-state index contributed by atoms with van der Waals surface area (Å²) in [6, 6.07) is 6.15. The predicted molar refractivity (Wildman–Crippen MR) is 105 cm³/mol. The van der Waals surface area contributed by atoms with E-state index >= 15 is 0 Å². The molecular formula is C21H40O5Ti. The van der Waals surface area contributed by atoms with Gasteiger partial charge in [0.1, 0.15) is 0 Å². The fraction of sp³-hybridized carbons (Fsp3) is 0.667. The first kappa shape index (κ1) is 37.2. The summed E-state index contributed by atoms with van der Waals surface area (Å²) in [5.74, 6) is -0.153. The maximum Gasteiger partial charge on any atom is 4.00 e. The molecule has 0 unspecified atom stereocenters. The Kier molecular flexibility index (Phi) is 41.5. The van der Waals surface area contributed by atoms with Crippen LogP contribution in [0.5, 0.6) is 11.5 Å². The second-order valence-electron chi connectivity index (χ2n) is 6.20. The number of phenols is 2. The molecule has 0 radical (unpaired) electrons. The molecule has 0 aliphatic heterocycles. The van der Waals surface area contributed by atoms with Crippen LogP contribution in [0.1, 0.15) is 74.1 Å². The van der Waals surface area contributed by atoms with E-state index in [-0.39, 0.29) is 33.2 Å². The van der Waals surface area contributed by atoms with Gasteiger partial charge < -0.3 is 32.5 Å². The molecular weight excluding hydrogens is 380 g/mol. The van der Waals surface area contributed by atoms with Crippen molar-refractivity contribution < 1.29 is 47.3 Å². The van der Waals surface area contributed by atoms with Crippen molar-refractivity contribution >= 4 is 0 Å². The van der Waals surface area contributed by atoms with Crippen LogP contribution in [0.2, 0.25) is 0 Å². The fourth-order valence-electron chi connectivity index (χ4n) is 0.891. The molecule has 2 N–H and O–H groups in total. The van der Waals surface area contributed by atoms with Gasteiger partial charge >= 0.3 is 21.7 Å². The third kappa shape index (κ3) is 77.4. The van der Waals surface area contributed by atoms with Crippen molar-refractivity contribution in [1.82, 2.24) is 0 Å². The maximum atomic E-state index is 9.53. The van der Waals surface area contributed by atoms with Gasteiger partial charge in [-0.05, 0) is 12.1 Å². The Morgan fingerprint density at radius 2 is 1.04 bits per heavy atom. The number of phenolic OH excluding ortho intramolecular Hbond substituents is 2. The van der Waals surface area contributed by atoms with Gasteiger partial charge in [-0.3, -0.25) is 0 Å². The summed E-state index contributed by atoms with van der Waals surface area (Å²) in [4.78, 5) is 0. The van der Waals surface area contributed by atoms with Crippen molar-refractivity contribution in [2.45, 2.75) is 92.5 Å². The molecule has 0 fully saturated rings. The van der Waals surface area contributed by atoms with Gasteiger partial charge in [-0.25, -0.2) is 0 Å². The zero-order valence-electron chi connectivity index (χ0n) is 18.2. The molecule has 0 heterocycles. The Bertz CT molecular complexity index is 311. The minimum atomic E-state index is -0.417. The summed E-state index contributed by atoms with van der Waals surface area (Å²) >= 11 is 0.